The molecule has 0 aliphatic carbocycles. The molecule has 2 atom stereocenters. The molecule has 0 radical (unpaired) electrons. The van der Waals surface area contributed by atoms with Gasteiger partial charge in [0.1, 0.15) is 0 Å². The number of hydrogen-bond acceptors (Lipinski definition) is 4. The molecular formula is C16H26N4O2. The summed E-state index contributed by atoms with van der Waals surface area (Å²) in [7, 11) is 0. The van der Waals surface area contributed by atoms with Crippen LogP contribution in [0.25, 0.3) is 0 Å². The third kappa shape index (κ3) is 3.50. The molecule has 3 rings (SSSR count). The number of carbonyl (C=O) groups is 1. The fourth-order valence-corrected chi connectivity index (χ4v) is 3.58. The Kier molecular flexibility index (Phi) is 5.10. The molecule has 2 saturated heterocycles. The lowest BCUT2D eigenvalue weighted by Crippen LogP contribution is -2.47. The molecule has 0 spiro atoms. The van der Waals surface area contributed by atoms with Crippen molar-refractivity contribution >= 4 is 5.91 Å². The number of hydrogen-bond donors (Lipinski definition) is 0. The molecule has 2 aliphatic heterocycles. The van der Waals surface area contributed by atoms with Gasteiger partial charge in [-0.05, 0) is 5.92 Å². The minimum atomic E-state index is 0.267. The minimum Gasteiger partial charge on any atom is -0.379 e. The van der Waals surface area contributed by atoms with E-state index in [1.807, 2.05) is 10.8 Å². The maximum absolute atomic E-state index is 12.5. The first-order valence-corrected chi connectivity index (χ1v) is 8.33. The average Bonchev–Trinajstić information content (AvgIpc) is 3.22. The van der Waals surface area contributed by atoms with Crippen molar-refractivity contribution in [3.63, 3.8) is 0 Å². The van der Waals surface area contributed by atoms with Gasteiger partial charge in [-0.3, -0.25) is 9.69 Å². The highest BCUT2D eigenvalue weighted by Gasteiger charge is 2.37. The average molecular weight is 306 g/mol. The van der Waals surface area contributed by atoms with Gasteiger partial charge in [-0.2, -0.15) is 0 Å². The molecular weight excluding hydrogens is 280 g/mol. The predicted octanol–water partition coefficient (Wildman–Crippen LogP) is 0.842. The van der Waals surface area contributed by atoms with Gasteiger partial charge in [0.25, 0.3) is 0 Å². The number of nitrogens with zero attached hydrogens (tertiary/aromatic N) is 4. The summed E-state index contributed by atoms with van der Waals surface area (Å²) in [6, 6.07) is 0.506. The smallest absolute Gasteiger partial charge is 0.224 e. The van der Waals surface area contributed by atoms with Crippen molar-refractivity contribution < 1.29 is 9.53 Å². The molecule has 2 unspecified atom stereocenters. The number of carbonyl (C=O) groups excluding carboxylic acids is 1. The Morgan fingerprint density at radius 2 is 2.14 bits per heavy atom. The van der Waals surface area contributed by atoms with Crippen LogP contribution in [0.15, 0.2) is 18.7 Å². The molecule has 22 heavy (non-hydrogen) atoms. The summed E-state index contributed by atoms with van der Waals surface area (Å²) in [5.41, 5.74) is 0. The highest BCUT2D eigenvalue weighted by molar-refractivity contribution is 5.76. The van der Waals surface area contributed by atoms with E-state index in [4.69, 9.17) is 4.74 Å². The number of likely N-dealkylation sites (tertiary alicyclic amines) is 1. The first-order chi connectivity index (χ1) is 10.8. The molecule has 0 saturated carbocycles. The molecule has 1 amide bonds. The second kappa shape index (κ2) is 7.24. The van der Waals surface area contributed by atoms with Crippen LogP contribution in [0.1, 0.15) is 19.8 Å². The lowest BCUT2D eigenvalue weighted by Gasteiger charge is -2.34. The topological polar surface area (TPSA) is 50.6 Å². The minimum absolute atomic E-state index is 0.267. The van der Waals surface area contributed by atoms with Gasteiger partial charge in [0.15, 0.2) is 0 Å². The van der Waals surface area contributed by atoms with Crippen LogP contribution in [0.3, 0.4) is 0 Å². The Morgan fingerprint density at radius 1 is 1.32 bits per heavy atom. The van der Waals surface area contributed by atoms with Crippen LogP contribution in [-0.2, 0) is 16.1 Å². The summed E-state index contributed by atoms with van der Waals surface area (Å²) in [4.78, 5) is 21.1. The SMILES string of the molecule is CCC1CN(C(=O)CCn2ccnc2)CC1N1CCOCC1. The first kappa shape index (κ1) is 15.5. The van der Waals surface area contributed by atoms with Crippen LogP contribution in [0.2, 0.25) is 0 Å². The Hall–Kier alpha value is -1.40. The molecule has 0 N–H and O–H groups in total. The van der Waals surface area contributed by atoms with E-state index in [0.717, 1.165) is 45.8 Å². The van der Waals surface area contributed by atoms with E-state index in [1.165, 1.54) is 0 Å². The van der Waals surface area contributed by atoms with E-state index in [1.54, 1.807) is 12.5 Å². The van der Waals surface area contributed by atoms with Crippen LogP contribution in [-0.4, -0.2) is 70.7 Å². The molecule has 1 aromatic heterocycles. The number of ether oxygens (including phenoxy) is 1. The van der Waals surface area contributed by atoms with Crippen molar-refractivity contribution in [1.82, 2.24) is 19.4 Å². The number of morpholine rings is 1. The summed E-state index contributed by atoms with van der Waals surface area (Å²) in [5, 5.41) is 0. The van der Waals surface area contributed by atoms with Crippen molar-refractivity contribution in [1.29, 1.82) is 0 Å². The van der Waals surface area contributed by atoms with Crippen molar-refractivity contribution in [2.24, 2.45) is 5.92 Å². The van der Waals surface area contributed by atoms with Gasteiger partial charge in [0, 0.05) is 57.6 Å². The molecule has 0 bridgehead atoms. The number of amides is 1. The Balaban J connectivity index is 1.54. The zero-order valence-electron chi connectivity index (χ0n) is 13.4. The highest BCUT2D eigenvalue weighted by atomic mass is 16.5. The van der Waals surface area contributed by atoms with E-state index < -0.39 is 0 Å². The molecule has 3 heterocycles. The van der Waals surface area contributed by atoms with E-state index in [9.17, 15) is 4.79 Å². The summed E-state index contributed by atoms with van der Waals surface area (Å²) in [6.07, 6.45) is 7.11. The van der Waals surface area contributed by atoms with E-state index in [0.29, 0.717) is 24.9 Å². The van der Waals surface area contributed by atoms with E-state index in [2.05, 4.69) is 21.7 Å². The van der Waals surface area contributed by atoms with Gasteiger partial charge in [0.05, 0.1) is 19.5 Å². The number of imidazole rings is 1. The van der Waals surface area contributed by atoms with Gasteiger partial charge in [-0.1, -0.05) is 13.3 Å². The van der Waals surface area contributed by atoms with Crippen molar-refractivity contribution in [3.05, 3.63) is 18.7 Å². The standard InChI is InChI=1S/C16H26N4O2/c1-2-14-11-20(12-15(14)19-7-9-22-10-8-19)16(21)3-5-18-6-4-17-13-18/h4,6,13-15H,2-3,5,7-12H2,1H3. The monoisotopic (exact) mass is 306 g/mol. The van der Waals surface area contributed by atoms with Gasteiger partial charge in [0.2, 0.25) is 5.91 Å². The Labute approximate surface area is 132 Å². The maximum Gasteiger partial charge on any atom is 0.224 e. The molecule has 2 fully saturated rings. The second-order valence-electron chi connectivity index (χ2n) is 6.23. The summed E-state index contributed by atoms with van der Waals surface area (Å²) in [6.45, 7) is 8.37. The summed E-state index contributed by atoms with van der Waals surface area (Å²) >= 11 is 0. The zero-order valence-corrected chi connectivity index (χ0v) is 13.4. The molecule has 6 nitrogen and oxygen atoms in total. The second-order valence-corrected chi connectivity index (χ2v) is 6.23. The van der Waals surface area contributed by atoms with Crippen LogP contribution < -0.4 is 0 Å². The van der Waals surface area contributed by atoms with E-state index in [-0.39, 0.29) is 5.91 Å². The third-order valence-corrected chi connectivity index (χ3v) is 4.94. The molecule has 6 heteroatoms. The number of rotatable bonds is 5. The molecule has 2 aliphatic rings. The zero-order chi connectivity index (χ0) is 15.4. The van der Waals surface area contributed by atoms with Gasteiger partial charge in [-0.25, -0.2) is 4.98 Å². The Bertz CT molecular complexity index is 471. The normalized spacial score (nSPS) is 26.5. The van der Waals surface area contributed by atoms with Gasteiger partial charge >= 0.3 is 0 Å². The number of aromatic nitrogens is 2. The summed E-state index contributed by atoms with van der Waals surface area (Å²) < 4.78 is 7.41. The van der Waals surface area contributed by atoms with E-state index >= 15 is 0 Å². The molecule has 0 aromatic carbocycles. The Morgan fingerprint density at radius 3 is 2.82 bits per heavy atom. The summed E-state index contributed by atoms with van der Waals surface area (Å²) in [5.74, 6) is 0.859. The van der Waals surface area contributed by atoms with Crippen LogP contribution in [0.4, 0.5) is 0 Å². The molecule has 122 valence electrons. The third-order valence-electron chi connectivity index (χ3n) is 4.94. The van der Waals surface area contributed by atoms with Crippen molar-refractivity contribution in [2.75, 3.05) is 39.4 Å². The van der Waals surface area contributed by atoms with Crippen LogP contribution in [0, 0.1) is 5.92 Å². The van der Waals surface area contributed by atoms with Crippen molar-refractivity contribution in [2.45, 2.75) is 32.4 Å². The largest absolute Gasteiger partial charge is 0.379 e. The fraction of sp³-hybridized carbons (Fsp3) is 0.750. The lowest BCUT2D eigenvalue weighted by molar-refractivity contribution is -0.130. The first-order valence-electron chi connectivity index (χ1n) is 8.33. The molecule has 1 aromatic rings. The van der Waals surface area contributed by atoms with Gasteiger partial charge in [-0.15, -0.1) is 0 Å². The quantitative estimate of drug-likeness (QED) is 0.809. The lowest BCUT2D eigenvalue weighted by atomic mass is 9.99. The van der Waals surface area contributed by atoms with Crippen LogP contribution in [0.5, 0.6) is 0 Å². The predicted molar refractivity (Wildman–Crippen MR) is 83.4 cm³/mol. The maximum atomic E-state index is 12.5. The highest BCUT2D eigenvalue weighted by Crippen LogP contribution is 2.26. The van der Waals surface area contributed by atoms with Crippen molar-refractivity contribution in [3.8, 4) is 0 Å². The van der Waals surface area contributed by atoms with Crippen LogP contribution >= 0.6 is 0 Å². The van der Waals surface area contributed by atoms with Gasteiger partial charge < -0.3 is 14.2 Å². The number of aryl methyl sites for hydroxylation is 1. The fourth-order valence-electron chi connectivity index (χ4n) is 3.58.